The normalized spacial score (nSPS) is 10.6. The van der Waals surface area contributed by atoms with E-state index in [1.807, 2.05) is 38.2 Å². The highest BCUT2D eigenvalue weighted by molar-refractivity contribution is 7.99. The number of rotatable bonds is 8. The number of benzene rings is 2. The Morgan fingerprint density at radius 2 is 2.00 bits per heavy atom. The van der Waals surface area contributed by atoms with Gasteiger partial charge in [-0.05, 0) is 36.8 Å². The van der Waals surface area contributed by atoms with Crippen LogP contribution in [0.3, 0.4) is 0 Å². The summed E-state index contributed by atoms with van der Waals surface area (Å²) in [6.07, 6.45) is 0. The largest absolute Gasteiger partial charge is 0.486 e. The molecule has 0 fully saturated rings. The van der Waals surface area contributed by atoms with Crippen molar-refractivity contribution in [2.45, 2.75) is 18.7 Å². The van der Waals surface area contributed by atoms with E-state index in [1.54, 1.807) is 4.57 Å². The fourth-order valence-electron chi connectivity index (χ4n) is 2.44. The fourth-order valence-corrected chi connectivity index (χ4v) is 3.17. The topological polar surface area (TPSA) is 112 Å². The first-order valence-electron chi connectivity index (χ1n) is 8.67. The van der Waals surface area contributed by atoms with Gasteiger partial charge in [-0.2, -0.15) is 0 Å². The number of hydrogen-bond acceptors (Lipinski definition) is 7. The van der Waals surface area contributed by atoms with Crippen LogP contribution in [0.5, 0.6) is 5.75 Å². The van der Waals surface area contributed by atoms with Crippen molar-refractivity contribution in [1.82, 2.24) is 14.8 Å². The Labute approximate surface area is 171 Å². The highest BCUT2D eigenvalue weighted by atomic mass is 32.2. The molecule has 150 valence electrons. The molecular weight excluding hydrogens is 394 g/mol. The number of thioether (sulfide) groups is 1. The Bertz CT molecular complexity index is 1020. The van der Waals surface area contributed by atoms with Crippen molar-refractivity contribution in [3.05, 3.63) is 70.0 Å². The Morgan fingerprint density at radius 1 is 1.24 bits per heavy atom. The molecule has 10 heteroatoms. The summed E-state index contributed by atoms with van der Waals surface area (Å²) in [7, 11) is 1.81. The molecule has 0 atom stereocenters. The van der Waals surface area contributed by atoms with Gasteiger partial charge < -0.3 is 14.6 Å². The monoisotopic (exact) mass is 413 g/mol. The zero-order valence-corrected chi connectivity index (χ0v) is 16.7. The van der Waals surface area contributed by atoms with Crippen LogP contribution in [0.15, 0.2) is 53.7 Å². The van der Waals surface area contributed by atoms with Crippen molar-refractivity contribution in [2.75, 3.05) is 11.1 Å². The summed E-state index contributed by atoms with van der Waals surface area (Å²) in [6.45, 7) is 2.26. The molecule has 3 aromatic rings. The molecule has 0 saturated heterocycles. The minimum absolute atomic E-state index is 0.0307. The molecule has 0 spiro atoms. The van der Waals surface area contributed by atoms with E-state index in [1.165, 1.54) is 36.0 Å². The molecule has 0 radical (unpaired) electrons. The van der Waals surface area contributed by atoms with Gasteiger partial charge in [0.2, 0.25) is 5.91 Å². The lowest BCUT2D eigenvalue weighted by Crippen LogP contribution is -2.14. The molecule has 3 rings (SSSR count). The fraction of sp³-hybridized carbons (Fsp3) is 0.211. The van der Waals surface area contributed by atoms with Crippen molar-refractivity contribution in [3.8, 4) is 5.75 Å². The average Bonchev–Trinajstić information content (AvgIpc) is 3.05. The number of nitro groups is 1. The zero-order valence-electron chi connectivity index (χ0n) is 15.9. The second-order valence-electron chi connectivity index (χ2n) is 6.20. The van der Waals surface area contributed by atoms with E-state index in [0.717, 1.165) is 11.3 Å². The quantitative estimate of drug-likeness (QED) is 0.342. The molecule has 1 aromatic heterocycles. The van der Waals surface area contributed by atoms with Gasteiger partial charge in [0.1, 0.15) is 12.4 Å². The van der Waals surface area contributed by atoms with E-state index < -0.39 is 4.92 Å². The summed E-state index contributed by atoms with van der Waals surface area (Å²) in [5.74, 6) is 1.28. The van der Waals surface area contributed by atoms with Gasteiger partial charge in [-0.25, -0.2) is 0 Å². The average molecular weight is 413 g/mol. The number of amides is 1. The predicted octanol–water partition coefficient (Wildman–Crippen LogP) is 3.34. The number of hydrogen-bond donors (Lipinski definition) is 1. The van der Waals surface area contributed by atoms with Crippen LogP contribution in [0.2, 0.25) is 0 Å². The summed E-state index contributed by atoms with van der Waals surface area (Å²) in [4.78, 5) is 22.3. The molecule has 0 bridgehead atoms. The molecule has 1 N–H and O–H groups in total. The highest BCUT2D eigenvalue weighted by Crippen LogP contribution is 2.19. The van der Waals surface area contributed by atoms with Crippen molar-refractivity contribution in [3.63, 3.8) is 0 Å². The van der Waals surface area contributed by atoms with Crippen molar-refractivity contribution in [1.29, 1.82) is 0 Å². The molecule has 1 heterocycles. The number of anilines is 1. The predicted molar refractivity (Wildman–Crippen MR) is 109 cm³/mol. The SMILES string of the molecule is Cc1cccc(OCc2nnc(SCC(=O)Nc3ccc([N+](=O)[O-])cc3)n2C)c1. The first-order valence-corrected chi connectivity index (χ1v) is 9.66. The molecule has 0 aliphatic heterocycles. The van der Waals surface area contributed by atoms with Crippen LogP contribution in [0.4, 0.5) is 11.4 Å². The number of nitrogens with one attached hydrogen (secondary N) is 1. The second kappa shape index (κ2) is 9.20. The molecule has 29 heavy (non-hydrogen) atoms. The van der Waals surface area contributed by atoms with Gasteiger partial charge in [-0.1, -0.05) is 23.9 Å². The van der Waals surface area contributed by atoms with E-state index in [9.17, 15) is 14.9 Å². The van der Waals surface area contributed by atoms with Crippen LogP contribution in [0, 0.1) is 17.0 Å². The van der Waals surface area contributed by atoms with Gasteiger partial charge in [0, 0.05) is 24.9 Å². The number of carbonyl (C=O) groups is 1. The maximum atomic E-state index is 12.1. The van der Waals surface area contributed by atoms with Gasteiger partial charge in [0.15, 0.2) is 11.0 Å². The lowest BCUT2D eigenvalue weighted by molar-refractivity contribution is -0.384. The third kappa shape index (κ3) is 5.55. The lowest BCUT2D eigenvalue weighted by Gasteiger charge is -2.07. The van der Waals surface area contributed by atoms with Crippen LogP contribution < -0.4 is 10.1 Å². The molecule has 0 aliphatic carbocycles. The van der Waals surface area contributed by atoms with E-state index in [2.05, 4.69) is 15.5 Å². The number of nitro benzene ring substituents is 1. The number of nitrogens with zero attached hydrogens (tertiary/aromatic N) is 4. The van der Waals surface area contributed by atoms with Crippen LogP contribution in [0.1, 0.15) is 11.4 Å². The second-order valence-corrected chi connectivity index (χ2v) is 7.15. The van der Waals surface area contributed by atoms with E-state index in [4.69, 9.17) is 4.74 Å². The zero-order chi connectivity index (χ0) is 20.8. The molecule has 0 aliphatic rings. The van der Waals surface area contributed by atoms with Crippen LogP contribution in [-0.2, 0) is 18.4 Å². The van der Waals surface area contributed by atoms with Crippen LogP contribution >= 0.6 is 11.8 Å². The minimum atomic E-state index is -0.490. The molecular formula is C19H19N5O4S. The third-order valence-electron chi connectivity index (χ3n) is 3.98. The Balaban J connectivity index is 1.51. The van der Waals surface area contributed by atoms with Crippen molar-refractivity contribution < 1.29 is 14.5 Å². The number of carbonyl (C=O) groups excluding carboxylic acids is 1. The summed E-state index contributed by atoms with van der Waals surface area (Å²) in [5, 5.41) is 22.2. The first-order chi connectivity index (χ1) is 13.9. The maximum Gasteiger partial charge on any atom is 0.269 e. The standard InChI is InChI=1S/C19H19N5O4S/c1-13-4-3-5-16(10-13)28-11-17-21-22-19(23(17)2)29-12-18(25)20-14-6-8-15(9-7-14)24(26)27/h3-10H,11-12H2,1-2H3,(H,20,25). The lowest BCUT2D eigenvalue weighted by atomic mass is 10.2. The summed E-state index contributed by atoms with van der Waals surface area (Å²) in [5.41, 5.74) is 1.57. The third-order valence-corrected chi connectivity index (χ3v) is 5.00. The highest BCUT2D eigenvalue weighted by Gasteiger charge is 2.13. The molecule has 0 unspecified atom stereocenters. The van der Waals surface area contributed by atoms with Crippen molar-refractivity contribution in [2.24, 2.45) is 7.05 Å². The summed E-state index contributed by atoms with van der Waals surface area (Å²) in [6, 6.07) is 13.4. The van der Waals surface area contributed by atoms with Gasteiger partial charge >= 0.3 is 0 Å². The van der Waals surface area contributed by atoms with E-state index >= 15 is 0 Å². The van der Waals surface area contributed by atoms with Gasteiger partial charge in [0.05, 0.1) is 10.7 Å². The van der Waals surface area contributed by atoms with Gasteiger partial charge in [-0.15, -0.1) is 10.2 Å². The smallest absolute Gasteiger partial charge is 0.269 e. The Hall–Kier alpha value is -3.40. The van der Waals surface area contributed by atoms with Gasteiger partial charge in [0.25, 0.3) is 5.69 Å². The van der Waals surface area contributed by atoms with E-state index in [0.29, 0.717) is 16.7 Å². The number of aromatic nitrogens is 3. The molecule has 2 aromatic carbocycles. The molecule has 1 amide bonds. The number of ether oxygens (including phenoxy) is 1. The Morgan fingerprint density at radius 3 is 2.69 bits per heavy atom. The number of non-ortho nitro benzene ring substituents is 1. The molecule has 0 saturated carbocycles. The summed E-state index contributed by atoms with van der Waals surface area (Å²) >= 11 is 1.24. The van der Waals surface area contributed by atoms with Crippen LogP contribution in [0.25, 0.3) is 0 Å². The van der Waals surface area contributed by atoms with Crippen molar-refractivity contribution >= 4 is 29.0 Å². The van der Waals surface area contributed by atoms with Crippen LogP contribution in [-0.4, -0.2) is 31.3 Å². The molecule has 9 nitrogen and oxygen atoms in total. The number of aryl methyl sites for hydroxylation is 1. The minimum Gasteiger partial charge on any atom is -0.486 e. The van der Waals surface area contributed by atoms with Gasteiger partial charge in [-0.3, -0.25) is 14.9 Å². The van der Waals surface area contributed by atoms with E-state index in [-0.39, 0.29) is 24.0 Å². The first kappa shape index (κ1) is 20.3. The summed E-state index contributed by atoms with van der Waals surface area (Å²) < 4.78 is 7.52. The maximum absolute atomic E-state index is 12.1. The Kier molecular flexibility index (Phi) is 6.45.